The number of rotatable bonds is 7. The molecule has 0 unspecified atom stereocenters. The zero-order chi connectivity index (χ0) is 14.4. The van der Waals surface area contributed by atoms with Crippen molar-refractivity contribution in [2.24, 2.45) is 5.73 Å². The van der Waals surface area contributed by atoms with Crippen LogP contribution in [0.5, 0.6) is 5.75 Å². The van der Waals surface area contributed by atoms with Crippen LogP contribution >= 0.6 is 22.9 Å². The Balaban J connectivity index is 1.94. The first-order valence-corrected chi connectivity index (χ1v) is 7.33. The third kappa shape index (κ3) is 4.43. The Morgan fingerprint density at radius 3 is 2.80 bits per heavy atom. The number of ether oxygens (including phenoxy) is 1. The van der Waals surface area contributed by atoms with Crippen LogP contribution in [0.4, 0.5) is 5.69 Å². The second kappa shape index (κ2) is 7.17. The lowest BCUT2D eigenvalue weighted by atomic mass is 10.3. The van der Waals surface area contributed by atoms with Crippen molar-refractivity contribution < 1.29 is 9.53 Å². The maximum absolute atomic E-state index is 10.7. The Morgan fingerprint density at radius 2 is 2.10 bits per heavy atom. The van der Waals surface area contributed by atoms with E-state index in [4.69, 9.17) is 22.1 Å². The van der Waals surface area contributed by atoms with E-state index in [0.717, 1.165) is 14.9 Å². The molecule has 0 radical (unpaired) electrons. The van der Waals surface area contributed by atoms with Gasteiger partial charge in [-0.15, -0.1) is 11.3 Å². The number of carbonyl (C=O) groups is 1. The van der Waals surface area contributed by atoms with Crippen molar-refractivity contribution in [3.63, 3.8) is 0 Å². The Kier molecular flexibility index (Phi) is 5.26. The molecule has 0 saturated heterocycles. The summed E-state index contributed by atoms with van der Waals surface area (Å²) >= 11 is 7.43. The molecule has 0 fully saturated rings. The number of para-hydroxylation sites is 2. The van der Waals surface area contributed by atoms with Crippen molar-refractivity contribution >= 4 is 34.5 Å². The third-order valence-electron chi connectivity index (χ3n) is 2.58. The highest BCUT2D eigenvalue weighted by molar-refractivity contribution is 7.16. The third-order valence-corrected chi connectivity index (χ3v) is 3.81. The second-order valence-corrected chi connectivity index (χ2v) is 5.92. The number of anilines is 1. The molecule has 2 rings (SSSR count). The highest BCUT2D eigenvalue weighted by Crippen LogP contribution is 2.26. The van der Waals surface area contributed by atoms with Crippen LogP contribution in [0.1, 0.15) is 11.3 Å². The molecule has 0 bridgehead atoms. The smallest absolute Gasteiger partial charge is 0.220 e. The van der Waals surface area contributed by atoms with Crippen LogP contribution in [-0.2, 0) is 11.3 Å². The van der Waals surface area contributed by atoms with E-state index in [9.17, 15) is 4.79 Å². The minimum absolute atomic E-state index is 0.203. The largest absolute Gasteiger partial charge is 0.491 e. The summed E-state index contributed by atoms with van der Waals surface area (Å²) in [4.78, 5) is 11.8. The van der Waals surface area contributed by atoms with Crippen LogP contribution in [-0.4, -0.2) is 12.5 Å². The van der Waals surface area contributed by atoms with Crippen LogP contribution in [0.25, 0.3) is 0 Å². The van der Waals surface area contributed by atoms with Crippen molar-refractivity contribution in [1.82, 2.24) is 0 Å². The molecule has 0 aliphatic heterocycles. The Hall–Kier alpha value is -1.72. The SMILES string of the molecule is NC(=O)CCOc1ccccc1NCc1ccc(Cl)s1. The molecule has 106 valence electrons. The van der Waals surface area contributed by atoms with Gasteiger partial charge in [-0.2, -0.15) is 0 Å². The molecule has 0 spiro atoms. The topological polar surface area (TPSA) is 64.4 Å². The predicted octanol–water partition coefficient (Wildman–Crippen LogP) is 3.27. The fourth-order valence-electron chi connectivity index (χ4n) is 1.63. The number of hydrogen-bond acceptors (Lipinski definition) is 4. The molecule has 1 aromatic carbocycles. The van der Waals surface area contributed by atoms with Gasteiger partial charge in [0.05, 0.1) is 23.1 Å². The average Bonchev–Trinajstić information content (AvgIpc) is 2.83. The molecule has 0 atom stereocenters. The quantitative estimate of drug-likeness (QED) is 0.825. The summed E-state index contributed by atoms with van der Waals surface area (Å²) in [5.41, 5.74) is 5.96. The zero-order valence-corrected chi connectivity index (χ0v) is 12.3. The molecule has 1 heterocycles. The molecular formula is C14H15ClN2O2S. The normalized spacial score (nSPS) is 10.2. The Labute approximate surface area is 126 Å². The van der Waals surface area contributed by atoms with E-state index in [1.165, 1.54) is 11.3 Å². The first-order valence-electron chi connectivity index (χ1n) is 6.13. The number of thiophene rings is 1. The van der Waals surface area contributed by atoms with Crippen molar-refractivity contribution in [2.75, 3.05) is 11.9 Å². The summed E-state index contributed by atoms with van der Waals surface area (Å²) in [6.07, 6.45) is 0.203. The summed E-state index contributed by atoms with van der Waals surface area (Å²) in [5.74, 6) is 0.333. The van der Waals surface area contributed by atoms with Crippen molar-refractivity contribution in [3.05, 3.63) is 45.6 Å². The summed E-state index contributed by atoms with van der Waals surface area (Å²) in [6, 6.07) is 11.4. The number of carbonyl (C=O) groups excluding carboxylic acids is 1. The highest BCUT2D eigenvalue weighted by atomic mass is 35.5. The minimum atomic E-state index is -0.372. The number of primary amides is 1. The van der Waals surface area contributed by atoms with Gasteiger partial charge in [0, 0.05) is 11.4 Å². The Morgan fingerprint density at radius 1 is 1.30 bits per heavy atom. The van der Waals surface area contributed by atoms with E-state index in [-0.39, 0.29) is 18.9 Å². The van der Waals surface area contributed by atoms with E-state index in [0.29, 0.717) is 12.3 Å². The van der Waals surface area contributed by atoms with Gasteiger partial charge in [0.2, 0.25) is 5.91 Å². The van der Waals surface area contributed by atoms with Gasteiger partial charge in [-0.25, -0.2) is 0 Å². The molecule has 3 N–H and O–H groups in total. The van der Waals surface area contributed by atoms with Gasteiger partial charge in [-0.05, 0) is 24.3 Å². The maximum atomic E-state index is 10.7. The highest BCUT2D eigenvalue weighted by Gasteiger charge is 2.04. The molecule has 1 amide bonds. The monoisotopic (exact) mass is 310 g/mol. The summed E-state index contributed by atoms with van der Waals surface area (Å²) in [6.45, 7) is 0.951. The fourth-order valence-corrected chi connectivity index (χ4v) is 2.66. The summed E-state index contributed by atoms with van der Waals surface area (Å²) < 4.78 is 6.33. The van der Waals surface area contributed by atoms with Gasteiger partial charge in [0.1, 0.15) is 5.75 Å². The molecule has 0 aliphatic rings. The van der Waals surface area contributed by atoms with Crippen LogP contribution in [0, 0.1) is 0 Å². The van der Waals surface area contributed by atoms with Gasteiger partial charge >= 0.3 is 0 Å². The average molecular weight is 311 g/mol. The maximum Gasteiger partial charge on any atom is 0.220 e. The fraction of sp³-hybridized carbons (Fsp3) is 0.214. The number of halogens is 1. The van der Waals surface area contributed by atoms with Crippen molar-refractivity contribution in [1.29, 1.82) is 0 Å². The van der Waals surface area contributed by atoms with Crippen LogP contribution in [0.2, 0.25) is 4.34 Å². The number of nitrogens with one attached hydrogen (secondary N) is 1. The van der Waals surface area contributed by atoms with Gasteiger partial charge in [0.15, 0.2) is 0 Å². The lowest BCUT2D eigenvalue weighted by Crippen LogP contribution is -2.15. The number of benzene rings is 1. The lowest BCUT2D eigenvalue weighted by molar-refractivity contribution is -0.118. The van der Waals surface area contributed by atoms with Gasteiger partial charge in [-0.3, -0.25) is 4.79 Å². The van der Waals surface area contributed by atoms with Gasteiger partial charge in [-0.1, -0.05) is 23.7 Å². The zero-order valence-electron chi connectivity index (χ0n) is 10.8. The molecule has 20 heavy (non-hydrogen) atoms. The van der Waals surface area contributed by atoms with E-state index >= 15 is 0 Å². The minimum Gasteiger partial charge on any atom is -0.491 e. The molecule has 2 aromatic rings. The van der Waals surface area contributed by atoms with E-state index in [2.05, 4.69) is 5.32 Å². The first-order chi connectivity index (χ1) is 9.65. The molecule has 1 aromatic heterocycles. The summed E-state index contributed by atoms with van der Waals surface area (Å²) in [5, 5.41) is 3.29. The summed E-state index contributed by atoms with van der Waals surface area (Å²) in [7, 11) is 0. The molecule has 0 aliphatic carbocycles. The van der Waals surface area contributed by atoms with Gasteiger partial charge in [0.25, 0.3) is 0 Å². The number of nitrogens with two attached hydrogens (primary N) is 1. The standard InChI is InChI=1S/C14H15ClN2O2S/c15-13-6-5-10(20-13)9-17-11-3-1-2-4-12(11)19-8-7-14(16)18/h1-6,17H,7-9H2,(H2,16,18). The van der Waals surface area contributed by atoms with Crippen LogP contribution < -0.4 is 15.8 Å². The molecular weight excluding hydrogens is 296 g/mol. The lowest BCUT2D eigenvalue weighted by Gasteiger charge is -2.12. The predicted molar refractivity (Wildman–Crippen MR) is 82.4 cm³/mol. The van der Waals surface area contributed by atoms with E-state index in [1.807, 2.05) is 36.4 Å². The number of hydrogen-bond donors (Lipinski definition) is 2. The van der Waals surface area contributed by atoms with Crippen LogP contribution in [0.15, 0.2) is 36.4 Å². The molecule has 4 nitrogen and oxygen atoms in total. The molecule has 6 heteroatoms. The first kappa shape index (κ1) is 14.7. The second-order valence-electron chi connectivity index (χ2n) is 4.12. The van der Waals surface area contributed by atoms with Crippen molar-refractivity contribution in [2.45, 2.75) is 13.0 Å². The van der Waals surface area contributed by atoms with Crippen molar-refractivity contribution in [3.8, 4) is 5.75 Å². The Bertz CT molecular complexity index is 586. The molecule has 0 saturated carbocycles. The van der Waals surface area contributed by atoms with Crippen LogP contribution in [0.3, 0.4) is 0 Å². The van der Waals surface area contributed by atoms with E-state index in [1.54, 1.807) is 0 Å². The van der Waals surface area contributed by atoms with E-state index < -0.39 is 0 Å². The van der Waals surface area contributed by atoms with Gasteiger partial charge < -0.3 is 15.8 Å². The number of amides is 1.